The molecule has 0 saturated heterocycles. The van der Waals surface area contributed by atoms with Crippen molar-refractivity contribution in [1.82, 2.24) is 0 Å². The van der Waals surface area contributed by atoms with Crippen molar-refractivity contribution in [2.24, 2.45) is 0 Å². The van der Waals surface area contributed by atoms with Crippen LogP contribution in [0.3, 0.4) is 0 Å². The summed E-state index contributed by atoms with van der Waals surface area (Å²) < 4.78 is 6.33. The molecule has 1 nitrogen and oxygen atoms in total. The van der Waals surface area contributed by atoms with Gasteiger partial charge in [0.05, 0.1) is 12.5 Å². The minimum absolute atomic E-state index is 0.993. The maximum atomic E-state index is 5.23. The molecule has 0 atom stereocenters. The van der Waals surface area contributed by atoms with Crippen LogP contribution in [0, 0.1) is 0 Å². The first-order chi connectivity index (χ1) is 6.83. The highest BCUT2D eigenvalue weighted by atomic mass is 79.9. The monoisotopic (exact) mass is 250 g/mol. The fraction of sp³-hybridized carbons (Fsp3) is 0.167. The summed E-state index contributed by atoms with van der Waals surface area (Å²) in [6.07, 6.45) is 4.61. The van der Waals surface area contributed by atoms with Gasteiger partial charge in [0.25, 0.3) is 0 Å². The van der Waals surface area contributed by atoms with Crippen LogP contribution in [0.25, 0.3) is 11.1 Å². The molecule has 72 valence electrons. The van der Waals surface area contributed by atoms with Crippen molar-refractivity contribution in [3.05, 3.63) is 46.8 Å². The van der Waals surface area contributed by atoms with Gasteiger partial charge in [-0.2, -0.15) is 0 Å². The first-order valence-corrected chi connectivity index (χ1v) is 5.42. The summed E-state index contributed by atoms with van der Waals surface area (Å²) in [4.78, 5) is 0. The molecule has 1 aromatic carbocycles. The minimum Gasteiger partial charge on any atom is -0.472 e. The highest BCUT2D eigenvalue weighted by Crippen LogP contribution is 2.31. The molecule has 1 heterocycles. The first-order valence-electron chi connectivity index (χ1n) is 4.63. The van der Waals surface area contributed by atoms with Crippen molar-refractivity contribution in [1.29, 1.82) is 0 Å². The van der Waals surface area contributed by atoms with Crippen LogP contribution in [0.1, 0.15) is 12.5 Å². The number of furan rings is 1. The van der Waals surface area contributed by atoms with Crippen LogP contribution in [-0.4, -0.2) is 0 Å². The van der Waals surface area contributed by atoms with E-state index in [2.05, 4.69) is 28.9 Å². The van der Waals surface area contributed by atoms with Crippen LogP contribution in [-0.2, 0) is 6.42 Å². The van der Waals surface area contributed by atoms with E-state index >= 15 is 0 Å². The normalized spacial score (nSPS) is 10.4. The quantitative estimate of drug-likeness (QED) is 0.776. The van der Waals surface area contributed by atoms with E-state index in [1.807, 2.05) is 24.5 Å². The number of halogens is 1. The lowest BCUT2D eigenvalue weighted by molar-refractivity contribution is 0.565. The van der Waals surface area contributed by atoms with E-state index in [0.717, 1.165) is 10.9 Å². The van der Waals surface area contributed by atoms with Crippen molar-refractivity contribution in [3.63, 3.8) is 0 Å². The van der Waals surface area contributed by atoms with E-state index in [-0.39, 0.29) is 0 Å². The molecule has 2 heteroatoms. The lowest BCUT2D eigenvalue weighted by Crippen LogP contribution is -1.82. The van der Waals surface area contributed by atoms with Gasteiger partial charge in [0, 0.05) is 10.0 Å². The van der Waals surface area contributed by atoms with E-state index < -0.39 is 0 Å². The molecule has 1 aromatic heterocycles. The van der Waals surface area contributed by atoms with E-state index in [9.17, 15) is 0 Å². The van der Waals surface area contributed by atoms with Crippen molar-refractivity contribution in [2.75, 3.05) is 0 Å². The number of hydrogen-bond acceptors (Lipinski definition) is 1. The van der Waals surface area contributed by atoms with Gasteiger partial charge in [0.15, 0.2) is 0 Å². The van der Waals surface area contributed by atoms with E-state index in [0.29, 0.717) is 0 Å². The zero-order chi connectivity index (χ0) is 9.97. The van der Waals surface area contributed by atoms with Crippen molar-refractivity contribution in [3.8, 4) is 11.1 Å². The Morgan fingerprint density at radius 3 is 2.64 bits per heavy atom. The molecule has 0 aliphatic rings. The fourth-order valence-electron chi connectivity index (χ4n) is 1.51. The Balaban J connectivity index is 2.54. The number of benzene rings is 1. The Kier molecular flexibility index (Phi) is 2.73. The summed E-state index contributed by atoms with van der Waals surface area (Å²) in [5, 5.41) is 0. The predicted octanol–water partition coefficient (Wildman–Crippen LogP) is 4.27. The second-order valence-corrected chi connectivity index (χ2v) is 4.00. The van der Waals surface area contributed by atoms with Gasteiger partial charge in [-0.3, -0.25) is 0 Å². The fourth-order valence-corrected chi connectivity index (χ4v) is 2.01. The SMILES string of the molecule is CCc1cocc1-c1ccccc1Br. The van der Waals surface area contributed by atoms with Crippen LogP contribution < -0.4 is 0 Å². The highest BCUT2D eigenvalue weighted by Gasteiger charge is 2.08. The average molecular weight is 251 g/mol. The zero-order valence-corrected chi connectivity index (χ0v) is 9.54. The second kappa shape index (κ2) is 4.01. The van der Waals surface area contributed by atoms with Gasteiger partial charge < -0.3 is 4.42 Å². The Bertz CT molecular complexity index is 431. The maximum Gasteiger partial charge on any atom is 0.0984 e. The Morgan fingerprint density at radius 2 is 1.93 bits per heavy atom. The number of aryl methyl sites for hydroxylation is 1. The summed E-state index contributed by atoms with van der Waals surface area (Å²) in [6.45, 7) is 2.13. The molecule has 0 amide bonds. The maximum absolute atomic E-state index is 5.23. The molecule has 0 aliphatic heterocycles. The van der Waals surface area contributed by atoms with Crippen LogP contribution in [0.15, 0.2) is 45.7 Å². The Morgan fingerprint density at radius 1 is 1.14 bits per heavy atom. The van der Waals surface area contributed by atoms with Crippen LogP contribution in [0.4, 0.5) is 0 Å². The summed E-state index contributed by atoms with van der Waals surface area (Å²) in [6, 6.07) is 8.18. The van der Waals surface area contributed by atoms with Gasteiger partial charge in [-0.15, -0.1) is 0 Å². The van der Waals surface area contributed by atoms with Crippen molar-refractivity contribution >= 4 is 15.9 Å². The molecule has 0 spiro atoms. The lowest BCUT2D eigenvalue weighted by atomic mass is 10.0. The van der Waals surface area contributed by atoms with Gasteiger partial charge in [0.1, 0.15) is 0 Å². The zero-order valence-electron chi connectivity index (χ0n) is 7.96. The van der Waals surface area contributed by atoms with E-state index in [1.165, 1.54) is 16.7 Å². The van der Waals surface area contributed by atoms with Crippen molar-refractivity contribution < 1.29 is 4.42 Å². The third-order valence-electron chi connectivity index (χ3n) is 2.29. The smallest absolute Gasteiger partial charge is 0.0984 e. The Hall–Kier alpha value is -1.02. The summed E-state index contributed by atoms with van der Waals surface area (Å²) >= 11 is 3.54. The average Bonchev–Trinajstić information content (AvgIpc) is 2.66. The van der Waals surface area contributed by atoms with Gasteiger partial charge in [0.2, 0.25) is 0 Å². The predicted molar refractivity (Wildman–Crippen MR) is 61.2 cm³/mol. The molecule has 0 radical (unpaired) electrons. The largest absolute Gasteiger partial charge is 0.472 e. The second-order valence-electron chi connectivity index (χ2n) is 3.14. The summed E-state index contributed by atoms with van der Waals surface area (Å²) in [5.74, 6) is 0. The molecular formula is C12H11BrO. The molecule has 0 N–H and O–H groups in total. The molecule has 0 bridgehead atoms. The highest BCUT2D eigenvalue weighted by molar-refractivity contribution is 9.10. The van der Waals surface area contributed by atoms with Crippen LogP contribution in [0.5, 0.6) is 0 Å². The van der Waals surface area contributed by atoms with Crippen LogP contribution in [0.2, 0.25) is 0 Å². The molecule has 14 heavy (non-hydrogen) atoms. The molecule has 0 unspecified atom stereocenters. The topological polar surface area (TPSA) is 13.1 Å². The number of rotatable bonds is 2. The Labute approximate surface area is 91.9 Å². The molecule has 0 fully saturated rings. The van der Waals surface area contributed by atoms with Crippen molar-refractivity contribution in [2.45, 2.75) is 13.3 Å². The summed E-state index contributed by atoms with van der Waals surface area (Å²) in [7, 11) is 0. The summed E-state index contributed by atoms with van der Waals surface area (Å²) in [5.41, 5.74) is 3.62. The van der Waals surface area contributed by atoms with Gasteiger partial charge in [-0.1, -0.05) is 41.1 Å². The molecule has 2 rings (SSSR count). The van der Waals surface area contributed by atoms with Crippen LogP contribution >= 0.6 is 15.9 Å². The number of hydrogen-bond donors (Lipinski definition) is 0. The molecular weight excluding hydrogens is 240 g/mol. The van der Waals surface area contributed by atoms with Gasteiger partial charge >= 0.3 is 0 Å². The lowest BCUT2D eigenvalue weighted by Gasteiger charge is -2.02. The minimum atomic E-state index is 0.993. The molecule has 2 aromatic rings. The molecule has 0 aliphatic carbocycles. The molecule has 0 saturated carbocycles. The van der Waals surface area contributed by atoms with Gasteiger partial charge in [-0.25, -0.2) is 0 Å². The van der Waals surface area contributed by atoms with E-state index in [1.54, 1.807) is 6.26 Å². The third-order valence-corrected chi connectivity index (χ3v) is 2.98. The third kappa shape index (κ3) is 1.62. The van der Waals surface area contributed by atoms with Gasteiger partial charge in [-0.05, 0) is 23.6 Å². The first kappa shape index (κ1) is 9.53. The van der Waals surface area contributed by atoms with E-state index in [4.69, 9.17) is 4.42 Å². The standard InChI is InChI=1S/C12H11BrO/c1-2-9-7-14-8-11(9)10-5-3-4-6-12(10)13/h3-8H,2H2,1H3.